The van der Waals surface area contributed by atoms with Crippen LogP contribution in [-0.4, -0.2) is 34.6 Å². The molecule has 1 aromatic carbocycles. The first-order valence-electron chi connectivity index (χ1n) is 13.1. The normalized spacial score (nSPS) is 16.4. The second kappa shape index (κ2) is 16.4. The molecule has 6 heteroatoms. The molecule has 0 radical (unpaired) electrons. The van der Waals surface area contributed by atoms with Crippen molar-refractivity contribution < 1.29 is 24.1 Å². The molecule has 1 aromatic rings. The number of benzene rings is 1. The Morgan fingerprint density at radius 3 is 2.09 bits per heavy atom. The fourth-order valence-corrected chi connectivity index (χ4v) is 4.31. The maximum Gasteiger partial charge on any atom is 0.344 e. The first-order valence-corrected chi connectivity index (χ1v) is 13.1. The first kappa shape index (κ1) is 28.0. The van der Waals surface area contributed by atoms with E-state index in [0.29, 0.717) is 17.7 Å². The van der Waals surface area contributed by atoms with Gasteiger partial charge in [-0.1, -0.05) is 96.1 Å². The SMILES string of the molecule is CCCCCCCCCCCCCCCC(=NCc1cccc(F)c1)C1=C(O)C(CO)OC1=O. The Kier molecular flexibility index (Phi) is 13.5. The molecule has 0 fully saturated rings. The van der Waals surface area contributed by atoms with Crippen molar-refractivity contribution in [3.8, 4) is 0 Å². The molecule has 1 aliphatic heterocycles. The van der Waals surface area contributed by atoms with Gasteiger partial charge in [-0.05, 0) is 30.5 Å². The van der Waals surface area contributed by atoms with E-state index in [1.807, 2.05) is 0 Å². The number of ether oxygens (including phenoxy) is 1. The summed E-state index contributed by atoms with van der Waals surface area (Å²) in [5.41, 5.74) is 1.20. The number of esters is 1. The highest BCUT2D eigenvalue weighted by molar-refractivity contribution is 6.21. The topological polar surface area (TPSA) is 79.1 Å². The highest BCUT2D eigenvalue weighted by Gasteiger charge is 2.36. The second-order valence-corrected chi connectivity index (χ2v) is 9.22. The molecule has 0 aromatic heterocycles. The van der Waals surface area contributed by atoms with Crippen molar-refractivity contribution in [2.45, 2.75) is 109 Å². The molecule has 34 heavy (non-hydrogen) atoms. The average Bonchev–Trinajstić information content (AvgIpc) is 3.12. The molecule has 0 spiro atoms. The fraction of sp³-hybridized carbons (Fsp3) is 0.643. The Labute approximate surface area is 204 Å². The molecule has 0 aliphatic carbocycles. The Morgan fingerprint density at radius 1 is 0.971 bits per heavy atom. The summed E-state index contributed by atoms with van der Waals surface area (Å²) in [6, 6.07) is 6.17. The maximum absolute atomic E-state index is 13.5. The van der Waals surface area contributed by atoms with Crippen LogP contribution in [0.4, 0.5) is 4.39 Å². The van der Waals surface area contributed by atoms with Crippen LogP contribution in [0, 0.1) is 5.82 Å². The number of carbonyl (C=O) groups is 1. The van der Waals surface area contributed by atoms with E-state index in [1.165, 1.54) is 76.3 Å². The van der Waals surface area contributed by atoms with Crippen molar-refractivity contribution in [1.29, 1.82) is 0 Å². The number of halogens is 1. The minimum absolute atomic E-state index is 0.0504. The van der Waals surface area contributed by atoms with E-state index in [2.05, 4.69) is 11.9 Å². The second-order valence-electron chi connectivity index (χ2n) is 9.22. The Morgan fingerprint density at radius 2 is 1.56 bits per heavy atom. The summed E-state index contributed by atoms with van der Waals surface area (Å²) in [6.45, 7) is 1.98. The number of aliphatic imine (C=N–C) groups is 1. The van der Waals surface area contributed by atoms with Gasteiger partial charge in [0.1, 0.15) is 11.4 Å². The molecule has 1 heterocycles. The summed E-state index contributed by atoms with van der Waals surface area (Å²) in [5.74, 6) is -1.27. The Balaban J connectivity index is 1.77. The van der Waals surface area contributed by atoms with Gasteiger partial charge in [0.2, 0.25) is 0 Å². The van der Waals surface area contributed by atoms with Gasteiger partial charge in [0.15, 0.2) is 11.9 Å². The third-order valence-electron chi connectivity index (χ3n) is 6.33. The van der Waals surface area contributed by atoms with Gasteiger partial charge in [0.25, 0.3) is 0 Å². The van der Waals surface area contributed by atoms with Gasteiger partial charge in [-0.15, -0.1) is 0 Å². The van der Waals surface area contributed by atoms with Gasteiger partial charge in [0, 0.05) is 0 Å². The predicted octanol–water partition coefficient (Wildman–Crippen LogP) is 6.98. The van der Waals surface area contributed by atoms with E-state index in [4.69, 9.17) is 4.74 Å². The number of hydrogen-bond donors (Lipinski definition) is 2. The lowest BCUT2D eigenvalue weighted by molar-refractivity contribution is -0.141. The molecule has 1 unspecified atom stereocenters. The summed E-state index contributed by atoms with van der Waals surface area (Å²) in [6.07, 6.45) is 15.7. The van der Waals surface area contributed by atoms with Crippen LogP contribution in [0.3, 0.4) is 0 Å². The number of hydrogen-bond acceptors (Lipinski definition) is 5. The summed E-state index contributed by atoms with van der Waals surface area (Å²) in [7, 11) is 0. The average molecular weight is 476 g/mol. The monoisotopic (exact) mass is 475 g/mol. The zero-order valence-corrected chi connectivity index (χ0v) is 20.7. The zero-order valence-electron chi connectivity index (χ0n) is 20.7. The Hall–Kier alpha value is -2.21. The highest BCUT2D eigenvalue weighted by atomic mass is 19.1. The molecule has 0 bridgehead atoms. The number of nitrogens with zero attached hydrogens (tertiary/aromatic N) is 1. The van der Waals surface area contributed by atoms with Crippen molar-refractivity contribution >= 4 is 11.7 Å². The number of cyclic esters (lactones) is 1. The van der Waals surface area contributed by atoms with E-state index in [0.717, 1.165) is 19.3 Å². The van der Waals surface area contributed by atoms with Crippen LogP contribution in [0.1, 0.15) is 102 Å². The van der Waals surface area contributed by atoms with Gasteiger partial charge < -0.3 is 14.9 Å². The molecule has 2 rings (SSSR count). The number of aliphatic hydroxyl groups is 2. The molecular formula is C28H42FNO4. The lowest BCUT2D eigenvalue weighted by Gasteiger charge is -2.08. The van der Waals surface area contributed by atoms with Gasteiger partial charge in [-0.3, -0.25) is 4.99 Å². The van der Waals surface area contributed by atoms with Crippen molar-refractivity contribution in [2.75, 3.05) is 6.61 Å². The molecule has 190 valence electrons. The highest BCUT2D eigenvalue weighted by Crippen LogP contribution is 2.25. The summed E-state index contributed by atoms with van der Waals surface area (Å²) in [5, 5.41) is 19.7. The molecular weight excluding hydrogens is 433 g/mol. The summed E-state index contributed by atoms with van der Waals surface area (Å²) in [4.78, 5) is 16.8. The van der Waals surface area contributed by atoms with Crippen molar-refractivity contribution in [2.24, 2.45) is 4.99 Å². The van der Waals surface area contributed by atoms with Crippen molar-refractivity contribution in [1.82, 2.24) is 0 Å². The van der Waals surface area contributed by atoms with E-state index in [1.54, 1.807) is 12.1 Å². The van der Waals surface area contributed by atoms with Gasteiger partial charge in [-0.2, -0.15) is 0 Å². The van der Waals surface area contributed by atoms with Gasteiger partial charge in [0.05, 0.1) is 18.9 Å². The third-order valence-corrected chi connectivity index (χ3v) is 6.33. The smallest absolute Gasteiger partial charge is 0.344 e. The molecule has 0 amide bonds. The molecule has 5 nitrogen and oxygen atoms in total. The summed E-state index contributed by atoms with van der Waals surface area (Å²) >= 11 is 0. The predicted molar refractivity (Wildman–Crippen MR) is 134 cm³/mol. The molecule has 2 N–H and O–H groups in total. The zero-order chi connectivity index (χ0) is 24.6. The largest absolute Gasteiger partial charge is 0.507 e. The van der Waals surface area contributed by atoms with E-state index in [9.17, 15) is 19.4 Å². The van der Waals surface area contributed by atoms with Crippen LogP contribution in [0.5, 0.6) is 0 Å². The van der Waals surface area contributed by atoms with Gasteiger partial charge >= 0.3 is 5.97 Å². The van der Waals surface area contributed by atoms with Crippen LogP contribution >= 0.6 is 0 Å². The molecule has 0 saturated heterocycles. The number of unbranched alkanes of at least 4 members (excludes halogenated alkanes) is 12. The number of aliphatic hydroxyl groups excluding tert-OH is 2. The fourth-order valence-electron chi connectivity index (χ4n) is 4.31. The molecule has 0 saturated carbocycles. The third kappa shape index (κ3) is 9.96. The standard InChI is InChI=1S/C28H42FNO4/c1-2-3-4-5-6-7-8-9-10-11-12-13-14-18-24(26-27(32)25(21-31)34-28(26)33)30-20-22-16-15-17-23(29)19-22/h15-17,19,25,31-32H,2-14,18,20-21H2,1H3. The lowest BCUT2D eigenvalue weighted by atomic mass is 10.0. The van der Waals surface area contributed by atoms with Crippen LogP contribution in [0.15, 0.2) is 40.6 Å². The van der Waals surface area contributed by atoms with Gasteiger partial charge in [-0.25, -0.2) is 9.18 Å². The Bertz CT molecular complexity index is 805. The minimum Gasteiger partial charge on any atom is -0.507 e. The molecule has 1 aliphatic rings. The van der Waals surface area contributed by atoms with Crippen LogP contribution in [0.2, 0.25) is 0 Å². The van der Waals surface area contributed by atoms with E-state index in [-0.39, 0.29) is 23.7 Å². The van der Waals surface area contributed by atoms with Crippen LogP contribution in [-0.2, 0) is 16.1 Å². The van der Waals surface area contributed by atoms with Crippen LogP contribution in [0.25, 0.3) is 0 Å². The van der Waals surface area contributed by atoms with Crippen LogP contribution < -0.4 is 0 Å². The van der Waals surface area contributed by atoms with Crippen molar-refractivity contribution in [3.63, 3.8) is 0 Å². The molecule has 1 atom stereocenters. The number of carbonyl (C=O) groups excluding carboxylic acids is 1. The maximum atomic E-state index is 13.5. The lowest BCUT2D eigenvalue weighted by Crippen LogP contribution is -2.15. The summed E-state index contributed by atoms with van der Waals surface area (Å²) < 4.78 is 18.5. The minimum atomic E-state index is -1.03. The first-order chi connectivity index (χ1) is 16.6. The number of rotatable bonds is 18. The van der Waals surface area contributed by atoms with Crippen molar-refractivity contribution in [3.05, 3.63) is 47.0 Å². The quantitative estimate of drug-likeness (QED) is 0.136. The van der Waals surface area contributed by atoms with E-state index >= 15 is 0 Å². The van der Waals surface area contributed by atoms with E-state index < -0.39 is 18.7 Å².